The van der Waals surface area contributed by atoms with Crippen molar-refractivity contribution in [3.63, 3.8) is 0 Å². The van der Waals surface area contributed by atoms with Crippen LogP contribution in [0.5, 0.6) is 0 Å². The molecule has 1 nitrogen and oxygen atoms in total. The van der Waals surface area contributed by atoms with Crippen LogP contribution in [0.25, 0.3) is 0 Å². The van der Waals surface area contributed by atoms with E-state index in [4.69, 9.17) is 6.42 Å². The Morgan fingerprint density at radius 3 is 2.95 bits per heavy atom. The van der Waals surface area contributed by atoms with E-state index in [2.05, 4.69) is 11.2 Å². The topological polar surface area (TPSA) is 12.0 Å². The third kappa shape index (κ3) is 2.32. The fraction of sp³-hybridized carbons (Fsp3) is 0.176. The Labute approximate surface area is 112 Å². The molecule has 0 saturated heterocycles. The van der Waals surface area contributed by atoms with E-state index in [0.29, 0.717) is 0 Å². The van der Waals surface area contributed by atoms with Gasteiger partial charge in [-0.2, -0.15) is 0 Å². The molecular formula is C17H14FN. The molecule has 0 fully saturated rings. The van der Waals surface area contributed by atoms with E-state index in [-0.39, 0.29) is 11.9 Å². The van der Waals surface area contributed by atoms with Gasteiger partial charge in [-0.15, -0.1) is 6.42 Å². The van der Waals surface area contributed by atoms with Gasteiger partial charge in [0.2, 0.25) is 0 Å². The molecule has 19 heavy (non-hydrogen) atoms. The van der Waals surface area contributed by atoms with E-state index in [1.165, 1.54) is 11.6 Å². The number of hydrogen-bond acceptors (Lipinski definition) is 1. The van der Waals surface area contributed by atoms with Crippen LogP contribution in [0.15, 0.2) is 42.5 Å². The molecule has 1 atom stereocenters. The van der Waals surface area contributed by atoms with Crippen LogP contribution in [0.4, 0.5) is 10.1 Å². The third-order valence-electron chi connectivity index (χ3n) is 3.55. The second-order valence-corrected chi connectivity index (χ2v) is 4.80. The van der Waals surface area contributed by atoms with Gasteiger partial charge in [0, 0.05) is 11.3 Å². The van der Waals surface area contributed by atoms with Gasteiger partial charge in [0.1, 0.15) is 5.82 Å². The molecule has 3 rings (SSSR count). The van der Waals surface area contributed by atoms with Gasteiger partial charge in [0.05, 0.1) is 6.04 Å². The van der Waals surface area contributed by atoms with Crippen molar-refractivity contribution in [2.24, 2.45) is 0 Å². The molecule has 1 aliphatic rings. The van der Waals surface area contributed by atoms with Gasteiger partial charge < -0.3 is 5.32 Å². The molecule has 1 aliphatic carbocycles. The molecule has 0 amide bonds. The molecule has 0 saturated carbocycles. The number of benzene rings is 2. The average molecular weight is 251 g/mol. The van der Waals surface area contributed by atoms with Gasteiger partial charge in [-0.05, 0) is 54.3 Å². The number of fused-ring (bicyclic) bond motifs is 1. The summed E-state index contributed by atoms with van der Waals surface area (Å²) in [5.74, 6) is 2.47. The van der Waals surface area contributed by atoms with Crippen molar-refractivity contribution in [2.45, 2.75) is 18.9 Å². The standard InChI is InChI=1S/C17H14FN/c1-2-12-4-3-5-15(10-12)19-17-9-6-13-11-14(18)7-8-16(13)17/h1,3-5,7-8,10-11,17,19H,6,9H2. The number of aryl methyl sites for hydroxylation is 1. The lowest BCUT2D eigenvalue weighted by Crippen LogP contribution is -2.07. The summed E-state index contributed by atoms with van der Waals surface area (Å²) in [7, 11) is 0. The number of halogens is 1. The minimum atomic E-state index is -0.159. The zero-order valence-electron chi connectivity index (χ0n) is 10.5. The second-order valence-electron chi connectivity index (χ2n) is 4.80. The Bertz CT molecular complexity index is 655. The molecule has 0 bridgehead atoms. The Morgan fingerprint density at radius 2 is 2.11 bits per heavy atom. The predicted molar refractivity (Wildman–Crippen MR) is 75.5 cm³/mol. The van der Waals surface area contributed by atoms with Crippen LogP contribution in [0.3, 0.4) is 0 Å². The van der Waals surface area contributed by atoms with Crippen molar-refractivity contribution in [3.8, 4) is 12.3 Å². The summed E-state index contributed by atoms with van der Waals surface area (Å²) in [4.78, 5) is 0. The number of rotatable bonds is 2. The zero-order valence-corrected chi connectivity index (χ0v) is 10.5. The third-order valence-corrected chi connectivity index (χ3v) is 3.55. The summed E-state index contributed by atoms with van der Waals surface area (Å²) in [6, 6.07) is 13.1. The Kier molecular flexibility index (Phi) is 2.97. The van der Waals surface area contributed by atoms with E-state index in [9.17, 15) is 4.39 Å². The fourth-order valence-electron chi connectivity index (χ4n) is 2.64. The first-order valence-electron chi connectivity index (χ1n) is 6.38. The monoisotopic (exact) mass is 251 g/mol. The minimum Gasteiger partial charge on any atom is -0.378 e. The fourth-order valence-corrected chi connectivity index (χ4v) is 2.64. The smallest absolute Gasteiger partial charge is 0.123 e. The van der Waals surface area contributed by atoms with Crippen molar-refractivity contribution < 1.29 is 4.39 Å². The van der Waals surface area contributed by atoms with Crippen LogP contribution in [-0.2, 0) is 6.42 Å². The highest BCUT2D eigenvalue weighted by atomic mass is 19.1. The first-order chi connectivity index (χ1) is 9.26. The molecule has 94 valence electrons. The summed E-state index contributed by atoms with van der Waals surface area (Å²) in [5, 5.41) is 3.47. The van der Waals surface area contributed by atoms with Gasteiger partial charge in [-0.1, -0.05) is 18.1 Å². The lowest BCUT2D eigenvalue weighted by atomic mass is 10.1. The van der Waals surface area contributed by atoms with E-state index >= 15 is 0 Å². The Balaban J connectivity index is 1.85. The highest BCUT2D eigenvalue weighted by Gasteiger charge is 2.22. The first kappa shape index (κ1) is 11.8. The van der Waals surface area contributed by atoms with Crippen LogP contribution in [0.1, 0.15) is 29.2 Å². The van der Waals surface area contributed by atoms with Gasteiger partial charge in [-0.25, -0.2) is 4.39 Å². The molecule has 2 aromatic carbocycles. The van der Waals surface area contributed by atoms with Crippen molar-refractivity contribution in [2.75, 3.05) is 5.32 Å². The predicted octanol–water partition coefficient (Wildman–Crippen LogP) is 3.91. The van der Waals surface area contributed by atoms with Gasteiger partial charge >= 0.3 is 0 Å². The maximum Gasteiger partial charge on any atom is 0.123 e. The summed E-state index contributed by atoms with van der Waals surface area (Å²) < 4.78 is 13.2. The van der Waals surface area contributed by atoms with Crippen molar-refractivity contribution in [3.05, 3.63) is 65.0 Å². The number of hydrogen-bond donors (Lipinski definition) is 1. The molecule has 0 spiro atoms. The minimum absolute atomic E-state index is 0.159. The first-order valence-corrected chi connectivity index (χ1v) is 6.38. The van der Waals surface area contributed by atoms with E-state index in [1.54, 1.807) is 6.07 Å². The van der Waals surface area contributed by atoms with Gasteiger partial charge in [0.15, 0.2) is 0 Å². The molecule has 0 aliphatic heterocycles. The van der Waals surface area contributed by atoms with Crippen LogP contribution in [0, 0.1) is 18.2 Å². The molecule has 0 heterocycles. The SMILES string of the molecule is C#Cc1cccc(NC2CCc3cc(F)ccc32)c1. The van der Waals surface area contributed by atoms with Crippen LogP contribution in [0.2, 0.25) is 0 Å². The lowest BCUT2D eigenvalue weighted by Gasteiger charge is -2.15. The van der Waals surface area contributed by atoms with E-state index in [0.717, 1.165) is 29.7 Å². The number of nitrogens with one attached hydrogen (secondary N) is 1. The number of anilines is 1. The van der Waals surface area contributed by atoms with Crippen molar-refractivity contribution >= 4 is 5.69 Å². The van der Waals surface area contributed by atoms with E-state index < -0.39 is 0 Å². The van der Waals surface area contributed by atoms with E-state index in [1.807, 2.05) is 30.3 Å². The maximum absolute atomic E-state index is 13.2. The van der Waals surface area contributed by atoms with Crippen LogP contribution < -0.4 is 5.32 Å². The summed E-state index contributed by atoms with van der Waals surface area (Å²) in [5.41, 5.74) is 4.16. The highest BCUT2D eigenvalue weighted by Crippen LogP contribution is 2.34. The summed E-state index contributed by atoms with van der Waals surface area (Å²) in [6.07, 6.45) is 7.30. The van der Waals surface area contributed by atoms with Crippen LogP contribution in [-0.4, -0.2) is 0 Å². The average Bonchev–Trinajstić information content (AvgIpc) is 2.81. The van der Waals surface area contributed by atoms with Crippen LogP contribution >= 0.6 is 0 Å². The quantitative estimate of drug-likeness (QED) is 0.798. The molecular weight excluding hydrogens is 237 g/mol. The Hall–Kier alpha value is -2.27. The van der Waals surface area contributed by atoms with Crippen molar-refractivity contribution in [1.82, 2.24) is 0 Å². The molecule has 2 aromatic rings. The number of terminal acetylenes is 1. The largest absolute Gasteiger partial charge is 0.378 e. The lowest BCUT2D eigenvalue weighted by molar-refractivity contribution is 0.626. The molecule has 0 aromatic heterocycles. The van der Waals surface area contributed by atoms with Gasteiger partial charge in [0.25, 0.3) is 0 Å². The summed E-state index contributed by atoms with van der Waals surface area (Å²) in [6.45, 7) is 0. The Morgan fingerprint density at radius 1 is 1.21 bits per heavy atom. The maximum atomic E-state index is 13.2. The molecule has 1 N–H and O–H groups in total. The summed E-state index contributed by atoms with van der Waals surface area (Å²) >= 11 is 0. The molecule has 0 radical (unpaired) electrons. The normalized spacial score (nSPS) is 16.7. The van der Waals surface area contributed by atoms with Gasteiger partial charge in [-0.3, -0.25) is 0 Å². The highest BCUT2D eigenvalue weighted by molar-refractivity contribution is 5.52. The molecule has 2 heteroatoms. The van der Waals surface area contributed by atoms with Crippen molar-refractivity contribution in [1.29, 1.82) is 0 Å². The molecule has 1 unspecified atom stereocenters. The second kappa shape index (κ2) is 4.78. The zero-order chi connectivity index (χ0) is 13.2.